The lowest BCUT2D eigenvalue weighted by atomic mass is 10.4. The van der Waals surface area contributed by atoms with Gasteiger partial charge in [0.05, 0.1) is 0 Å². The molecule has 0 radical (unpaired) electrons. The molecular weight excluding hydrogens is 198 g/mol. The summed E-state index contributed by atoms with van der Waals surface area (Å²) in [5, 5.41) is 2.57. The minimum absolute atomic E-state index is 0.170. The Bertz CT molecular complexity index is 198. The first-order chi connectivity index (χ1) is 5.99. The first-order valence-electron chi connectivity index (χ1n) is 4.12. The first-order valence-corrected chi connectivity index (χ1v) is 6.03. The molecule has 7 heteroatoms. The molecule has 1 saturated heterocycles. The second kappa shape index (κ2) is 4.01. The van der Waals surface area contributed by atoms with Crippen LogP contribution in [0, 0.1) is 0 Å². The van der Waals surface area contributed by atoms with Crippen LogP contribution >= 0.6 is 0 Å². The highest BCUT2D eigenvalue weighted by atomic mass is 28.4. The predicted molar refractivity (Wildman–Crippen MR) is 44.6 cm³/mol. The van der Waals surface area contributed by atoms with E-state index in [0.29, 0.717) is 19.6 Å². The van der Waals surface area contributed by atoms with Crippen LogP contribution in [0.25, 0.3) is 0 Å². The predicted octanol–water partition coefficient (Wildman–Crippen LogP) is 0.272. The van der Waals surface area contributed by atoms with E-state index in [9.17, 15) is 13.0 Å². The van der Waals surface area contributed by atoms with E-state index in [2.05, 4.69) is 5.32 Å². The fourth-order valence-corrected chi connectivity index (χ4v) is 1.79. The molecule has 1 aliphatic heterocycles. The van der Waals surface area contributed by atoms with Gasteiger partial charge in [-0.1, -0.05) is 0 Å². The number of carbonyl (C=O) groups is 1. The standard InChI is InChI=1S/C6H12F2N2O2Si/c7-13(8,12)5-1-3-10-4-2-9-6(10)11/h12H,1-5H2,(H,9,11). The summed E-state index contributed by atoms with van der Waals surface area (Å²) < 4.78 is 24.1. The van der Waals surface area contributed by atoms with Crippen LogP contribution in [0.2, 0.25) is 6.04 Å². The van der Waals surface area contributed by atoms with Crippen LogP contribution < -0.4 is 5.32 Å². The zero-order chi connectivity index (χ0) is 9.90. The van der Waals surface area contributed by atoms with Crippen molar-refractivity contribution in [2.75, 3.05) is 19.6 Å². The molecule has 0 spiro atoms. The third kappa shape index (κ3) is 3.68. The third-order valence-corrected chi connectivity index (χ3v) is 2.81. The highest BCUT2D eigenvalue weighted by Gasteiger charge is 2.32. The highest BCUT2D eigenvalue weighted by Crippen LogP contribution is 2.12. The van der Waals surface area contributed by atoms with Crippen molar-refractivity contribution in [2.45, 2.75) is 12.5 Å². The lowest BCUT2D eigenvalue weighted by molar-refractivity contribution is 0.216. The molecule has 0 aromatic heterocycles. The van der Waals surface area contributed by atoms with Crippen molar-refractivity contribution in [3.05, 3.63) is 0 Å². The van der Waals surface area contributed by atoms with E-state index in [0.717, 1.165) is 0 Å². The maximum atomic E-state index is 12.1. The Labute approximate surface area is 76.0 Å². The van der Waals surface area contributed by atoms with Gasteiger partial charge in [0.2, 0.25) is 0 Å². The summed E-state index contributed by atoms with van der Waals surface area (Å²) in [5.74, 6) is 0. The number of amides is 2. The lowest BCUT2D eigenvalue weighted by Gasteiger charge is -2.13. The normalized spacial score (nSPS) is 17.8. The number of nitrogens with zero attached hydrogens (tertiary/aromatic N) is 1. The average Bonchev–Trinajstić information content (AvgIpc) is 2.34. The van der Waals surface area contributed by atoms with Crippen LogP contribution in [-0.4, -0.2) is 44.3 Å². The number of hydrogen-bond acceptors (Lipinski definition) is 2. The molecule has 1 fully saturated rings. The summed E-state index contributed by atoms with van der Waals surface area (Å²) in [6.07, 6.45) is 0.170. The largest absolute Gasteiger partial charge is 0.575 e. The van der Waals surface area contributed by atoms with Gasteiger partial charge in [-0.05, 0) is 6.42 Å². The van der Waals surface area contributed by atoms with Gasteiger partial charge in [-0.25, -0.2) is 13.0 Å². The number of nitrogens with one attached hydrogen (secondary N) is 1. The molecule has 0 aromatic carbocycles. The molecule has 0 atom stereocenters. The highest BCUT2D eigenvalue weighted by molar-refractivity contribution is 6.57. The average molecular weight is 210 g/mol. The van der Waals surface area contributed by atoms with Gasteiger partial charge >= 0.3 is 15.0 Å². The zero-order valence-corrected chi connectivity index (χ0v) is 8.09. The van der Waals surface area contributed by atoms with Gasteiger partial charge in [-0.15, -0.1) is 0 Å². The first kappa shape index (κ1) is 10.4. The molecule has 4 nitrogen and oxygen atoms in total. The Balaban J connectivity index is 2.16. The summed E-state index contributed by atoms with van der Waals surface area (Å²) >= 11 is 0. The van der Waals surface area contributed by atoms with Crippen molar-refractivity contribution >= 4 is 15.0 Å². The van der Waals surface area contributed by atoms with Gasteiger partial charge in [0.15, 0.2) is 0 Å². The smallest absolute Gasteiger partial charge is 0.384 e. The summed E-state index contributed by atoms with van der Waals surface area (Å²) in [4.78, 5) is 20.6. The van der Waals surface area contributed by atoms with Crippen molar-refractivity contribution in [3.8, 4) is 0 Å². The van der Waals surface area contributed by atoms with Gasteiger partial charge < -0.3 is 15.0 Å². The minimum atomic E-state index is -4.91. The van der Waals surface area contributed by atoms with E-state index < -0.39 is 15.0 Å². The van der Waals surface area contributed by atoms with E-state index in [4.69, 9.17) is 4.80 Å². The Morgan fingerprint density at radius 2 is 2.31 bits per heavy atom. The second-order valence-corrected chi connectivity index (χ2v) is 4.82. The number of hydrogen-bond donors (Lipinski definition) is 2. The van der Waals surface area contributed by atoms with Crippen LogP contribution in [0.5, 0.6) is 0 Å². The van der Waals surface area contributed by atoms with Gasteiger partial charge in [-0.2, -0.15) is 0 Å². The topological polar surface area (TPSA) is 52.6 Å². The molecule has 2 N–H and O–H groups in total. The summed E-state index contributed by atoms with van der Waals surface area (Å²) in [5.41, 5.74) is 0. The molecule has 1 rings (SSSR count). The van der Waals surface area contributed by atoms with Crippen molar-refractivity contribution in [2.24, 2.45) is 0 Å². The van der Waals surface area contributed by atoms with Gasteiger partial charge in [0.25, 0.3) is 0 Å². The van der Waals surface area contributed by atoms with E-state index in [1.165, 1.54) is 4.90 Å². The van der Waals surface area contributed by atoms with E-state index in [1.54, 1.807) is 0 Å². The minimum Gasteiger partial charge on any atom is -0.384 e. The molecule has 2 amide bonds. The Morgan fingerprint density at radius 1 is 1.62 bits per heavy atom. The molecule has 0 aliphatic carbocycles. The van der Waals surface area contributed by atoms with Crippen LogP contribution in [0.4, 0.5) is 13.0 Å². The van der Waals surface area contributed by atoms with Crippen LogP contribution in [0.1, 0.15) is 6.42 Å². The van der Waals surface area contributed by atoms with Gasteiger partial charge in [-0.3, -0.25) is 0 Å². The quantitative estimate of drug-likeness (QED) is 0.517. The van der Waals surface area contributed by atoms with Crippen molar-refractivity contribution in [1.82, 2.24) is 10.2 Å². The zero-order valence-electron chi connectivity index (χ0n) is 7.09. The molecular formula is C6H12F2N2O2Si. The molecule has 13 heavy (non-hydrogen) atoms. The van der Waals surface area contributed by atoms with Gasteiger partial charge in [0.1, 0.15) is 0 Å². The molecule has 0 unspecified atom stereocenters. The number of urea groups is 1. The van der Waals surface area contributed by atoms with Crippen LogP contribution in [-0.2, 0) is 0 Å². The molecule has 0 aromatic rings. The van der Waals surface area contributed by atoms with Crippen molar-refractivity contribution in [3.63, 3.8) is 0 Å². The van der Waals surface area contributed by atoms with E-state index >= 15 is 0 Å². The van der Waals surface area contributed by atoms with Crippen LogP contribution in [0.15, 0.2) is 0 Å². The fourth-order valence-electron chi connectivity index (χ4n) is 1.21. The maximum Gasteiger partial charge on any atom is 0.575 e. The summed E-state index contributed by atoms with van der Waals surface area (Å²) in [6, 6.07) is -0.667. The molecule has 0 bridgehead atoms. The fraction of sp³-hybridized carbons (Fsp3) is 0.833. The van der Waals surface area contributed by atoms with Crippen molar-refractivity contribution in [1.29, 1.82) is 0 Å². The summed E-state index contributed by atoms with van der Waals surface area (Å²) in [6.45, 7) is 1.44. The number of carbonyl (C=O) groups excluding carboxylic acids is 1. The maximum absolute atomic E-state index is 12.1. The number of halogens is 2. The second-order valence-electron chi connectivity index (χ2n) is 2.99. The van der Waals surface area contributed by atoms with Crippen molar-refractivity contribution < 1.29 is 17.8 Å². The molecule has 0 saturated carbocycles. The third-order valence-electron chi connectivity index (χ3n) is 1.85. The van der Waals surface area contributed by atoms with E-state index in [1.807, 2.05) is 0 Å². The number of rotatable bonds is 4. The molecule has 1 aliphatic rings. The SMILES string of the molecule is O=C1NCCN1CCC[Si](O)(F)F. The van der Waals surface area contributed by atoms with E-state index in [-0.39, 0.29) is 12.5 Å². The Kier molecular flexibility index (Phi) is 3.20. The van der Waals surface area contributed by atoms with Gasteiger partial charge in [0, 0.05) is 25.7 Å². The Morgan fingerprint density at radius 3 is 2.77 bits per heavy atom. The lowest BCUT2D eigenvalue weighted by Crippen LogP contribution is -2.30. The summed E-state index contributed by atoms with van der Waals surface area (Å²) in [7, 11) is -4.91. The molecule has 1 heterocycles. The Hall–Kier alpha value is -0.693. The monoisotopic (exact) mass is 210 g/mol. The van der Waals surface area contributed by atoms with Crippen LogP contribution in [0.3, 0.4) is 0 Å². The molecule has 76 valence electrons.